The third kappa shape index (κ3) is 4.96. The number of rotatable bonds is 8. The zero-order chi connectivity index (χ0) is 13.4. The van der Waals surface area contributed by atoms with Gasteiger partial charge in [0.25, 0.3) is 0 Å². The lowest BCUT2D eigenvalue weighted by molar-refractivity contribution is 0.293. The van der Waals surface area contributed by atoms with Crippen molar-refractivity contribution >= 4 is 0 Å². The Labute approximate surface area is 110 Å². The van der Waals surface area contributed by atoms with E-state index in [4.69, 9.17) is 15.2 Å². The highest BCUT2D eigenvalue weighted by molar-refractivity contribution is 5.40. The Morgan fingerprint density at radius 3 is 2.67 bits per heavy atom. The van der Waals surface area contributed by atoms with Gasteiger partial charge in [0.15, 0.2) is 0 Å². The average molecular weight is 251 g/mol. The third-order valence-electron chi connectivity index (χ3n) is 2.87. The maximum absolute atomic E-state index is 5.85. The van der Waals surface area contributed by atoms with Crippen molar-refractivity contribution in [3.63, 3.8) is 0 Å². The number of hydrogen-bond donors (Lipinski definition) is 1. The second-order valence-corrected chi connectivity index (χ2v) is 4.90. The fraction of sp³-hybridized carbons (Fsp3) is 0.600. The molecule has 0 aliphatic rings. The Morgan fingerprint density at radius 1 is 1.28 bits per heavy atom. The molecule has 0 aliphatic heterocycles. The molecule has 0 heterocycles. The van der Waals surface area contributed by atoms with Crippen LogP contribution < -0.4 is 15.2 Å². The summed E-state index contributed by atoms with van der Waals surface area (Å²) in [5, 5.41) is 0. The van der Waals surface area contributed by atoms with Crippen LogP contribution in [0.2, 0.25) is 0 Å². The van der Waals surface area contributed by atoms with Gasteiger partial charge in [-0.15, -0.1) is 0 Å². The minimum absolute atomic E-state index is 0.634. The predicted molar refractivity (Wildman–Crippen MR) is 75.3 cm³/mol. The smallest absolute Gasteiger partial charge is 0.126 e. The zero-order valence-electron chi connectivity index (χ0n) is 11.7. The van der Waals surface area contributed by atoms with Crippen molar-refractivity contribution in [1.82, 2.24) is 0 Å². The van der Waals surface area contributed by atoms with Crippen molar-refractivity contribution in [3.05, 3.63) is 23.8 Å². The molecular weight excluding hydrogens is 226 g/mol. The fourth-order valence-electron chi connectivity index (χ4n) is 1.83. The highest BCUT2D eigenvalue weighted by atomic mass is 16.5. The SMILES string of the molecule is COc1ccc(CCN)c(OCCCC(C)C)c1. The molecule has 0 saturated heterocycles. The Balaban J connectivity index is 2.59. The molecule has 1 aromatic rings. The molecule has 2 N–H and O–H groups in total. The summed E-state index contributed by atoms with van der Waals surface area (Å²) in [4.78, 5) is 0. The van der Waals surface area contributed by atoms with Gasteiger partial charge in [0.05, 0.1) is 13.7 Å². The lowest BCUT2D eigenvalue weighted by Gasteiger charge is -2.13. The van der Waals surface area contributed by atoms with E-state index in [1.54, 1.807) is 7.11 Å². The van der Waals surface area contributed by atoms with Crippen molar-refractivity contribution in [2.45, 2.75) is 33.1 Å². The van der Waals surface area contributed by atoms with E-state index in [0.29, 0.717) is 6.54 Å². The van der Waals surface area contributed by atoms with Gasteiger partial charge >= 0.3 is 0 Å². The highest BCUT2D eigenvalue weighted by Gasteiger charge is 2.05. The predicted octanol–water partition coefficient (Wildman–Crippen LogP) is 3.01. The molecule has 0 spiro atoms. The standard InChI is InChI=1S/C15H25NO2/c1-12(2)5-4-10-18-15-11-14(17-3)7-6-13(15)8-9-16/h6-7,11-12H,4-5,8-10,16H2,1-3H3. The van der Waals surface area contributed by atoms with E-state index in [2.05, 4.69) is 13.8 Å². The van der Waals surface area contributed by atoms with Gasteiger partial charge in [0, 0.05) is 6.07 Å². The first kappa shape index (κ1) is 14.8. The number of hydrogen-bond acceptors (Lipinski definition) is 3. The van der Waals surface area contributed by atoms with Crippen LogP contribution in [-0.4, -0.2) is 20.3 Å². The molecular formula is C15H25NO2. The van der Waals surface area contributed by atoms with Crippen molar-refractivity contribution in [2.75, 3.05) is 20.3 Å². The molecule has 18 heavy (non-hydrogen) atoms. The lowest BCUT2D eigenvalue weighted by Crippen LogP contribution is -2.07. The molecule has 0 bridgehead atoms. The minimum atomic E-state index is 0.634. The van der Waals surface area contributed by atoms with E-state index in [1.807, 2.05) is 18.2 Å². The topological polar surface area (TPSA) is 44.5 Å². The molecule has 1 rings (SSSR count). The zero-order valence-corrected chi connectivity index (χ0v) is 11.7. The third-order valence-corrected chi connectivity index (χ3v) is 2.87. The molecule has 0 aliphatic carbocycles. The van der Waals surface area contributed by atoms with Gasteiger partial charge in [-0.05, 0) is 43.4 Å². The van der Waals surface area contributed by atoms with Gasteiger partial charge < -0.3 is 15.2 Å². The van der Waals surface area contributed by atoms with Crippen LogP contribution in [0, 0.1) is 5.92 Å². The summed E-state index contributed by atoms with van der Waals surface area (Å²) in [6.45, 7) is 5.84. The summed E-state index contributed by atoms with van der Waals surface area (Å²) in [6.07, 6.45) is 3.11. The lowest BCUT2D eigenvalue weighted by atomic mass is 10.1. The highest BCUT2D eigenvalue weighted by Crippen LogP contribution is 2.25. The van der Waals surface area contributed by atoms with Crippen LogP contribution >= 0.6 is 0 Å². The number of ether oxygens (including phenoxy) is 2. The van der Waals surface area contributed by atoms with Gasteiger partial charge in [-0.3, -0.25) is 0 Å². The first-order valence-corrected chi connectivity index (χ1v) is 6.67. The van der Waals surface area contributed by atoms with E-state index in [1.165, 1.54) is 6.42 Å². The minimum Gasteiger partial charge on any atom is -0.497 e. The molecule has 3 heteroatoms. The van der Waals surface area contributed by atoms with Gasteiger partial charge in [-0.1, -0.05) is 19.9 Å². The molecule has 0 aromatic heterocycles. The molecule has 0 atom stereocenters. The molecule has 0 amide bonds. The molecule has 3 nitrogen and oxygen atoms in total. The summed E-state index contributed by atoms with van der Waals surface area (Å²) >= 11 is 0. The van der Waals surface area contributed by atoms with Crippen LogP contribution in [0.5, 0.6) is 11.5 Å². The van der Waals surface area contributed by atoms with Gasteiger partial charge in [-0.25, -0.2) is 0 Å². The fourth-order valence-corrected chi connectivity index (χ4v) is 1.83. The van der Waals surface area contributed by atoms with Crippen LogP contribution in [0.3, 0.4) is 0 Å². The van der Waals surface area contributed by atoms with Crippen LogP contribution in [0.4, 0.5) is 0 Å². The largest absolute Gasteiger partial charge is 0.497 e. The van der Waals surface area contributed by atoms with Crippen LogP contribution in [-0.2, 0) is 6.42 Å². The van der Waals surface area contributed by atoms with Crippen LogP contribution in [0.25, 0.3) is 0 Å². The maximum Gasteiger partial charge on any atom is 0.126 e. The molecule has 0 radical (unpaired) electrons. The quantitative estimate of drug-likeness (QED) is 0.722. The van der Waals surface area contributed by atoms with E-state index >= 15 is 0 Å². The second-order valence-electron chi connectivity index (χ2n) is 4.90. The molecule has 102 valence electrons. The normalized spacial score (nSPS) is 10.7. The van der Waals surface area contributed by atoms with E-state index in [9.17, 15) is 0 Å². The van der Waals surface area contributed by atoms with Gasteiger partial charge in [-0.2, -0.15) is 0 Å². The van der Waals surface area contributed by atoms with Crippen LogP contribution in [0.1, 0.15) is 32.3 Å². The second kappa shape index (κ2) is 7.98. The molecule has 1 aromatic carbocycles. The molecule has 0 saturated carbocycles. The number of methoxy groups -OCH3 is 1. The summed E-state index contributed by atoms with van der Waals surface area (Å²) in [7, 11) is 1.67. The Morgan fingerprint density at radius 2 is 2.06 bits per heavy atom. The van der Waals surface area contributed by atoms with Crippen LogP contribution in [0.15, 0.2) is 18.2 Å². The Bertz CT molecular complexity index is 350. The number of nitrogens with two attached hydrogens (primary N) is 1. The monoisotopic (exact) mass is 251 g/mol. The summed E-state index contributed by atoms with van der Waals surface area (Å²) in [5.41, 5.74) is 6.76. The van der Waals surface area contributed by atoms with E-state index in [0.717, 1.165) is 42.4 Å². The number of benzene rings is 1. The summed E-state index contributed by atoms with van der Waals surface area (Å²) in [6, 6.07) is 5.93. The first-order valence-electron chi connectivity index (χ1n) is 6.67. The maximum atomic E-state index is 5.85. The van der Waals surface area contributed by atoms with Crippen molar-refractivity contribution in [2.24, 2.45) is 11.7 Å². The Hall–Kier alpha value is -1.22. The van der Waals surface area contributed by atoms with Gasteiger partial charge in [0.2, 0.25) is 0 Å². The summed E-state index contributed by atoms with van der Waals surface area (Å²) < 4.78 is 11.1. The molecule has 0 unspecified atom stereocenters. The van der Waals surface area contributed by atoms with E-state index in [-0.39, 0.29) is 0 Å². The van der Waals surface area contributed by atoms with Gasteiger partial charge in [0.1, 0.15) is 11.5 Å². The van der Waals surface area contributed by atoms with Crippen molar-refractivity contribution < 1.29 is 9.47 Å². The van der Waals surface area contributed by atoms with Crippen molar-refractivity contribution in [1.29, 1.82) is 0 Å². The first-order chi connectivity index (χ1) is 8.67. The molecule has 0 fully saturated rings. The average Bonchev–Trinajstić information content (AvgIpc) is 2.36. The Kier molecular flexibility index (Phi) is 6.58. The summed E-state index contributed by atoms with van der Waals surface area (Å²) in [5.74, 6) is 2.46. The van der Waals surface area contributed by atoms with Crippen molar-refractivity contribution in [3.8, 4) is 11.5 Å². The van der Waals surface area contributed by atoms with E-state index < -0.39 is 0 Å².